The first-order chi connectivity index (χ1) is 8.02. The summed E-state index contributed by atoms with van der Waals surface area (Å²) in [5.41, 5.74) is 1.66. The van der Waals surface area contributed by atoms with Gasteiger partial charge in [0.1, 0.15) is 11.0 Å². The molecule has 0 saturated carbocycles. The van der Waals surface area contributed by atoms with Crippen LogP contribution >= 0.6 is 15.9 Å². The van der Waals surface area contributed by atoms with Crippen molar-refractivity contribution in [3.8, 4) is 0 Å². The van der Waals surface area contributed by atoms with Crippen LogP contribution < -0.4 is 0 Å². The predicted molar refractivity (Wildman–Crippen MR) is 63.1 cm³/mol. The molecule has 0 saturated heterocycles. The second kappa shape index (κ2) is 4.37. The molecule has 90 valence electrons. The highest BCUT2D eigenvalue weighted by Gasteiger charge is 2.39. The van der Waals surface area contributed by atoms with Crippen LogP contribution in [0.2, 0.25) is 0 Å². The van der Waals surface area contributed by atoms with Gasteiger partial charge in [0.25, 0.3) is 0 Å². The molecule has 5 nitrogen and oxygen atoms in total. The van der Waals surface area contributed by atoms with E-state index in [9.17, 15) is 9.59 Å². The molecule has 2 N–H and O–H groups in total. The lowest BCUT2D eigenvalue weighted by Crippen LogP contribution is -2.49. The monoisotopic (exact) mass is 299 g/mol. The minimum absolute atomic E-state index is 0.194. The standard InChI is InChI=1S/C11H10BrNO4/c12-9-7-4-2-1-3-6(7)5-8(10(14)15)13(9)11(16)17/h1-4,8-9H,5H2,(H,14,15)(H,16,17). The first-order valence-electron chi connectivity index (χ1n) is 4.98. The normalized spacial score (nSPS) is 23.0. The van der Waals surface area contributed by atoms with E-state index in [0.717, 1.165) is 16.0 Å². The Balaban J connectivity index is 2.48. The van der Waals surface area contributed by atoms with E-state index in [-0.39, 0.29) is 6.42 Å². The van der Waals surface area contributed by atoms with Gasteiger partial charge in [0.15, 0.2) is 0 Å². The van der Waals surface area contributed by atoms with Gasteiger partial charge in [-0.15, -0.1) is 0 Å². The Morgan fingerprint density at radius 1 is 1.29 bits per heavy atom. The van der Waals surface area contributed by atoms with Gasteiger partial charge >= 0.3 is 12.1 Å². The number of alkyl halides is 1. The number of nitrogens with zero attached hydrogens (tertiary/aromatic N) is 1. The van der Waals surface area contributed by atoms with Crippen LogP contribution in [0.4, 0.5) is 4.79 Å². The smallest absolute Gasteiger partial charge is 0.409 e. The van der Waals surface area contributed by atoms with E-state index < -0.39 is 23.1 Å². The number of carboxylic acid groups (broad SMARTS) is 2. The fourth-order valence-corrected chi connectivity index (χ4v) is 2.91. The van der Waals surface area contributed by atoms with E-state index in [2.05, 4.69) is 15.9 Å². The molecule has 2 unspecified atom stereocenters. The van der Waals surface area contributed by atoms with Crippen LogP contribution in [0.1, 0.15) is 16.1 Å². The Morgan fingerprint density at radius 2 is 1.94 bits per heavy atom. The summed E-state index contributed by atoms with van der Waals surface area (Å²) in [5.74, 6) is -1.13. The lowest BCUT2D eigenvalue weighted by Gasteiger charge is -2.36. The van der Waals surface area contributed by atoms with Crippen LogP contribution in [0.5, 0.6) is 0 Å². The van der Waals surface area contributed by atoms with Crippen molar-refractivity contribution in [3.63, 3.8) is 0 Å². The van der Waals surface area contributed by atoms with Crippen LogP contribution in [-0.4, -0.2) is 33.2 Å². The maximum atomic E-state index is 11.1. The Kier molecular flexibility index (Phi) is 3.06. The summed E-state index contributed by atoms with van der Waals surface area (Å²) in [4.78, 5) is 22.5. The first kappa shape index (κ1) is 11.9. The van der Waals surface area contributed by atoms with Crippen LogP contribution in [0.15, 0.2) is 24.3 Å². The molecule has 1 aromatic rings. The van der Waals surface area contributed by atoms with Crippen LogP contribution in [0.25, 0.3) is 0 Å². The fraction of sp³-hybridized carbons (Fsp3) is 0.273. The molecule has 1 heterocycles. The topological polar surface area (TPSA) is 77.8 Å². The second-order valence-electron chi connectivity index (χ2n) is 3.78. The highest BCUT2D eigenvalue weighted by Crippen LogP contribution is 2.37. The first-order valence-corrected chi connectivity index (χ1v) is 5.90. The van der Waals surface area contributed by atoms with E-state index in [0.29, 0.717) is 0 Å². The third kappa shape index (κ3) is 2.00. The molecule has 0 aromatic heterocycles. The summed E-state index contributed by atoms with van der Waals surface area (Å²) in [7, 11) is 0. The average Bonchev–Trinajstić information content (AvgIpc) is 2.28. The van der Waals surface area contributed by atoms with Gasteiger partial charge in [-0.05, 0) is 11.1 Å². The molecular weight excluding hydrogens is 290 g/mol. The summed E-state index contributed by atoms with van der Waals surface area (Å²) < 4.78 is 0. The maximum absolute atomic E-state index is 11.1. The zero-order valence-electron chi connectivity index (χ0n) is 8.71. The third-order valence-corrected chi connectivity index (χ3v) is 3.75. The molecule has 0 spiro atoms. The molecule has 1 aliphatic heterocycles. The van der Waals surface area contributed by atoms with E-state index in [1.165, 1.54) is 0 Å². The third-order valence-electron chi connectivity index (χ3n) is 2.81. The Hall–Kier alpha value is -1.56. The molecule has 0 bridgehead atoms. The Labute approximate surface area is 106 Å². The Bertz CT molecular complexity index is 476. The summed E-state index contributed by atoms with van der Waals surface area (Å²) >= 11 is 3.24. The molecule has 0 fully saturated rings. The van der Waals surface area contributed by atoms with Gasteiger partial charge in [-0.1, -0.05) is 40.2 Å². The van der Waals surface area contributed by atoms with Gasteiger partial charge in [-0.25, -0.2) is 9.59 Å². The number of hydrogen-bond acceptors (Lipinski definition) is 2. The molecular formula is C11H10BrNO4. The van der Waals surface area contributed by atoms with E-state index in [4.69, 9.17) is 10.2 Å². The SMILES string of the molecule is O=C(O)C1Cc2ccccc2C(Br)N1C(=O)O. The molecule has 0 radical (unpaired) electrons. The molecule has 1 aromatic carbocycles. The highest BCUT2D eigenvalue weighted by molar-refractivity contribution is 9.09. The van der Waals surface area contributed by atoms with Crippen molar-refractivity contribution in [2.24, 2.45) is 0 Å². The van der Waals surface area contributed by atoms with Crippen LogP contribution in [-0.2, 0) is 11.2 Å². The van der Waals surface area contributed by atoms with Crippen molar-refractivity contribution in [1.29, 1.82) is 0 Å². The van der Waals surface area contributed by atoms with Crippen molar-refractivity contribution < 1.29 is 19.8 Å². The molecule has 6 heteroatoms. The van der Waals surface area contributed by atoms with Crippen molar-refractivity contribution in [2.45, 2.75) is 17.4 Å². The van der Waals surface area contributed by atoms with E-state index >= 15 is 0 Å². The van der Waals surface area contributed by atoms with Crippen molar-refractivity contribution >= 4 is 28.0 Å². The molecule has 0 aliphatic carbocycles. The quantitative estimate of drug-likeness (QED) is 0.615. The number of halogens is 1. The van der Waals surface area contributed by atoms with Crippen LogP contribution in [0, 0.1) is 0 Å². The number of fused-ring (bicyclic) bond motifs is 1. The van der Waals surface area contributed by atoms with Gasteiger partial charge in [0, 0.05) is 6.42 Å². The predicted octanol–water partition coefficient (Wildman–Crippen LogP) is 2.07. The zero-order valence-corrected chi connectivity index (χ0v) is 10.3. The number of amides is 1. The van der Waals surface area contributed by atoms with Crippen molar-refractivity contribution in [2.75, 3.05) is 0 Å². The summed E-state index contributed by atoms with van der Waals surface area (Å²) in [6.45, 7) is 0. The van der Waals surface area contributed by atoms with Gasteiger partial charge in [0.2, 0.25) is 0 Å². The molecule has 17 heavy (non-hydrogen) atoms. The highest BCUT2D eigenvalue weighted by atomic mass is 79.9. The van der Waals surface area contributed by atoms with Gasteiger partial charge < -0.3 is 10.2 Å². The zero-order chi connectivity index (χ0) is 12.6. The van der Waals surface area contributed by atoms with Crippen molar-refractivity contribution in [1.82, 2.24) is 4.90 Å². The van der Waals surface area contributed by atoms with Crippen molar-refractivity contribution in [3.05, 3.63) is 35.4 Å². The number of benzene rings is 1. The number of carbonyl (C=O) groups is 2. The molecule has 2 atom stereocenters. The number of carboxylic acids is 1. The van der Waals surface area contributed by atoms with Gasteiger partial charge in [-0.3, -0.25) is 4.90 Å². The van der Waals surface area contributed by atoms with Crippen LogP contribution in [0.3, 0.4) is 0 Å². The molecule has 2 rings (SSSR count). The summed E-state index contributed by atoms with van der Waals surface area (Å²) in [6, 6.07) is 6.18. The number of hydrogen-bond donors (Lipinski definition) is 2. The molecule has 1 aliphatic rings. The van der Waals surface area contributed by atoms with Gasteiger partial charge in [-0.2, -0.15) is 0 Å². The summed E-state index contributed by atoms with van der Waals surface area (Å²) in [6.07, 6.45) is -1.05. The lowest BCUT2D eigenvalue weighted by molar-refractivity contribution is -0.143. The molecule has 1 amide bonds. The van der Waals surface area contributed by atoms with E-state index in [1.807, 2.05) is 12.1 Å². The largest absolute Gasteiger partial charge is 0.480 e. The maximum Gasteiger partial charge on any atom is 0.409 e. The van der Waals surface area contributed by atoms with Gasteiger partial charge in [0.05, 0.1) is 0 Å². The second-order valence-corrected chi connectivity index (χ2v) is 4.65. The average molecular weight is 300 g/mol. The number of aliphatic carboxylic acids is 1. The summed E-state index contributed by atoms with van der Waals surface area (Å²) in [5, 5.41) is 18.2. The Morgan fingerprint density at radius 3 is 2.53 bits per heavy atom. The minimum atomic E-state index is -1.24. The lowest BCUT2D eigenvalue weighted by atomic mass is 9.94. The fourth-order valence-electron chi connectivity index (χ4n) is 2.00. The minimum Gasteiger partial charge on any atom is -0.480 e. The number of rotatable bonds is 1. The van der Waals surface area contributed by atoms with E-state index in [1.54, 1.807) is 12.1 Å².